The Balaban J connectivity index is 2.53. The van der Waals surface area contributed by atoms with Crippen molar-refractivity contribution in [2.75, 3.05) is 27.7 Å². The van der Waals surface area contributed by atoms with E-state index in [-0.39, 0.29) is 5.97 Å². The van der Waals surface area contributed by atoms with Gasteiger partial charge in [-0.05, 0) is 38.6 Å². The van der Waals surface area contributed by atoms with Gasteiger partial charge in [-0.2, -0.15) is 0 Å². The number of hydrogen-bond donors (Lipinski definition) is 2. The van der Waals surface area contributed by atoms with E-state index in [1.54, 1.807) is 6.07 Å². The smallest absolute Gasteiger partial charge is 0.354 e. The molecule has 0 saturated heterocycles. The third-order valence-electron chi connectivity index (χ3n) is 3.07. The third kappa shape index (κ3) is 5.75. The second-order valence-corrected chi connectivity index (χ2v) is 5.86. The van der Waals surface area contributed by atoms with Crippen LogP contribution in [0.2, 0.25) is 0 Å². The number of aromatic amines is 1. The summed E-state index contributed by atoms with van der Waals surface area (Å²) < 4.78 is 4.68. The molecule has 5 nitrogen and oxygen atoms in total. The van der Waals surface area contributed by atoms with Crippen molar-refractivity contribution in [3.05, 3.63) is 23.5 Å². The highest BCUT2D eigenvalue weighted by Gasteiger charge is 2.13. The molecule has 0 saturated carbocycles. The van der Waals surface area contributed by atoms with Crippen LogP contribution in [-0.2, 0) is 11.3 Å². The molecule has 0 aliphatic carbocycles. The van der Waals surface area contributed by atoms with Crippen LogP contribution >= 0.6 is 0 Å². The van der Waals surface area contributed by atoms with Gasteiger partial charge < -0.3 is 19.9 Å². The van der Waals surface area contributed by atoms with Crippen molar-refractivity contribution >= 4 is 5.97 Å². The summed E-state index contributed by atoms with van der Waals surface area (Å²) in [6.07, 6.45) is 1.13. The lowest BCUT2D eigenvalue weighted by molar-refractivity contribution is 0.0594. The fraction of sp³-hybridized carbons (Fsp3) is 0.667. The Morgan fingerprint density at radius 2 is 2.10 bits per heavy atom. The molecule has 5 heteroatoms. The number of ether oxygens (including phenoxy) is 1. The second-order valence-electron chi connectivity index (χ2n) is 5.86. The lowest BCUT2D eigenvalue weighted by Crippen LogP contribution is -2.38. The number of likely N-dealkylation sites (N-methyl/N-ethyl adjacent to an activating group) is 1. The fourth-order valence-electron chi connectivity index (χ4n) is 2.26. The Labute approximate surface area is 121 Å². The fourth-order valence-corrected chi connectivity index (χ4v) is 2.26. The van der Waals surface area contributed by atoms with E-state index in [1.165, 1.54) is 7.11 Å². The lowest BCUT2D eigenvalue weighted by atomic mass is 10.0. The molecule has 1 aromatic heterocycles. The van der Waals surface area contributed by atoms with Crippen molar-refractivity contribution in [2.24, 2.45) is 5.92 Å². The Kier molecular flexibility index (Phi) is 6.75. The Bertz CT molecular complexity index is 403. The first-order valence-corrected chi connectivity index (χ1v) is 7.06. The van der Waals surface area contributed by atoms with Gasteiger partial charge in [0.1, 0.15) is 5.69 Å². The predicted octanol–water partition coefficient (Wildman–Crippen LogP) is 1.87. The van der Waals surface area contributed by atoms with Crippen LogP contribution in [0.1, 0.15) is 36.5 Å². The van der Waals surface area contributed by atoms with E-state index in [0.29, 0.717) is 17.7 Å². The zero-order valence-electron chi connectivity index (χ0n) is 13.2. The molecule has 0 bridgehead atoms. The molecule has 0 aromatic carbocycles. The van der Waals surface area contributed by atoms with E-state index >= 15 is 0 Å². The highest BCUT2D eigenvalue weighted by molar-refractivity contribution is 5.87. The van der Waals surface area contributed by atoms with Gasteiger partial charge in [-0.1, -0.05) is 13.8 Å². The molecule has 114 valence electrons. The van der Waals surface area contributed by atoms with Crippen molar-refractivity contribution in [3.63, 3.8) is 0 Å². The van der Waals surface area contributed by atoms with E-state index in [4.69, 9.17) is 0 Å². The van der Waals surface area contributed by atoms with Crippen LogP contribution in [0.5, 0.6) is 0 Å². The van der Waals surface area contributed by atoms with Crippen molar-refractivity contribution in [2.45, 2.75) is 32.9 Å². The predicted molar refractivity (Wildman–Crippen MR) is 80.8 cm³/mol. The van der Waals surface area contributed by atoms with Gasteiger partial charge in [-0.15, -0.1) is 0 Å². The minimum absolute atomic E-state index is 0.330. The summed E-state index contributed by atoms with van der Waals surface area (Å²) in [5.74, 6) is 0.324. The van der Waals surface area contributed by atoms with E-state index in [9.17, 15) is 4.79 Å². The van der Waals surface area contributed by atoms with Crippen molar-refractivity contribution in [1.29, 1.82) is 0 Å². The average Bonchev–Trinajstić information content (AvgIpc) is 2.82. The van der Waals surface area contributed by atoms with Gasteiger partial charge in [0, 0.05) is 24.8 Å². The van der Waals surface area contributed by atoms with Crippen molar-refractivity contribution in [1.82, 2.24) is 15.2 Å². The van der Waals surface area contributed by atoms with Gasteiger partial charge in [-0.3, -0.25) is 0 Å². The maximum atomic E-state index is 11.4. The van der Waals surface area contributed by atoms with Gasteiger partial charge in [0.2, 0.25) is 0 Å². The standard InChI is InChI=1S/C15H27N3O2/c1-11(2)8-13(10-18(3)4)16-9-12-6-7-14(17-12)15(19)20-5/h6-7,11,13,16-17H,8-10H2,1-5H3. The molecule has 0 aliphatic heterocycles. The van der Waals surface area contributed by atoms with Gasteiger partial charge in [0.05, 0.1) is 7.11 Å². The summed E-state index contributed by atoms with van der Waals surface area (Å²) in [5.41, 5.74) is 1.50. The quantitative estimate of drug-likeness (QED) is 0.714. The molecule has 1 rings (SSSR count). The molecule has 1 unspecified atom stereocenters. The summed E-state index contributed by atoms with van der Waals surface area (Å²) in [5, 5.41) is 3.54. The Morgan fingerprint density at radius 1 is 1.40 bits per heavy atom. The molecule has 0 amide bonds. The number of esters is 1. The first kappa shape index (κ1) is 16.7. The van der Waals surface area contributed by atoms with E-state index in [1.807, 2.05) is 6.07 Å². The zero-order chi connectivity index (χ0) is 15.1. The molecular formula is C15H27N3O2. The van der Waals surface area contributed by atoms with Crippen LogP contribution in [0.3, 0.4) is 0 Å². The molecule has 0 radical (unpaired) electrons. The number of hydrogen-bond acceptors (Lipinski definition) is 4. The first-order chi connectivity index (χ1) is 9.42. The lowest BCUT2D eigenvalue weighted by Gasteiger charge is -2.23. The van der Waals surface area contributed by atoms with E-state index < -0.39 is 0 Å². The SMILES string of the molecule is COC(=O)c1ccc(CNC(CC(C)C)CN(C)C)[nH]1. The summed E-state index contributed by atoms with van der Waals surface area (Å²) in [6, 6.07) is 4.11. The number of nitrogens with zero attached hydrogens (tertiary/aromatic N) is 1. The Morgan fingerprint density at radius 3 is 2.65 bits per heavy atom. The van der Waals surface area contributed by atoms with Crippen molar-refractivity contribution < 1.29 is 9.53 Å². The maximum Gasteiger partial charge on any atom is 0.354 e. The number of H-pyrrole nitrogens is 1. The Hall–Kier alpha value is -1.33. The van der Waals surface area contributed by atoms with E-state index in [2.05, 4.69) is 47.9 Å². The molecule has 0 spiro atoms. The minimum Gasteiger partial charge on any atom is -0.464 e. The number of aromatic nitrogens is 1. The normalized spacial score (nSPS) is 12.9. The summed E-state index contributed by atoms with van der Waals surface area (Å²) in [4.78, 5) is 16.6. The van der Waals surface area contributed by atoms with Crippen LogP contribution in [0.4, 0.5) is 0 Å². The van der Waals surface area contributed by atoms with Crippen LogP contribution in [0, 0.1) is 5.92 Å². The topological polar surface area (TPSA) is 57.4 Å². The number of rotatable bonds is 8. The highest BCUT2D eigenvalue weighted by atomic mass is 16.5. The van der Waals surface area contributed by atoms with E-state index in [0.717, 1.165) is 25.2 Å². The molecule has 2 N–H and O–H groups in total. The van der Waals surface area contributed by atoms with Gasteiger partial charge in [0.15, 0.2) is 0 Å². The number of carbonyl (C=O) groups excluding carboxylic acids is 1. The molecule has 0 fully saturated rings. The van der Waals surface area contributed by atoms with Gasteiger partial charge in [0.25, 0.3) is 0 Å². The summed E-state index contributed by atoms with van der Waals surface area (Å²) >= 11 is 0. The van der Waals surface area contributed by atoms with Gasteiger partial charge >= 0.3 is 5.97 Å². The van der Waals surface area contributed by atoms with Crippen LogP contribution in [0.15, 0.2) is 12.1 Å². The van der Waals surface area contributed by atoms with Crippen molar-refractivity contribution in [3.8, 4) is 0 Å². The van der Waals surface area contributed by atoms with Crippen LogP contribution in [0.25, 0.3) is 0 Å². The second kappa shape index (κ2) is 8.07. The minimum atomic E-state index is -0.330. The third-order valence-corrected chi connectivity index (χ3v) is 3.07. The highest BCUT2D eigenvalue weighted by Crippen LogP contribution is 2.08. The molecular weight excluding hydrogens is 254 g/mol. The molecule has 0 aliphatic rings. The molecule has 1 atom stereocenters. The summed E-state index contributed by atoms with van der Waals surface area (Å²) in [7, 11) is 5.55. The number of carbonyl (C=O) groups is 1. The monoisotopic (exact) mass is 281 g/mol. The molecule has 1 heterocycles. The van der Waals surface area contributed by atoms with Crippen LogP contribution < -0.4 is 5.32 Å². The molecule has 1 aromatic rings. The maximum absolute atomic E-state index is 11.4. The zero-order valence-corrected chi connectivity index (χ0v) is 13.2. The summed E-state index contributed by atoms with van der Waals surface area (Å²) in [6.45, 7) is 6.19. The van der Waals surface area contributed by atoms with Gasteiger partial charge in [-0.25, -0.2) is 4.79 Å². The van der Waals surface area contributed by atoms with Crippen LogP contribution in [-0.4, -0.2) is 49.6 Å². The molecule has 20 heavy (non-hydrogen) atoms. The average molecular weight is 281 g/mol. The number of methoxy groups -OCH3 is 1. The largest absolute Gasteiger partial charge is 0.464 e. The first-order valence-electron chi connectivity index (χ1n) is 7.06. The number of nitrogens with one attached hydrogen (secondary N) is 2.